The van der Waals surface area contributed by atoms with Gasteiger partial charge in [-0.25, -0.2) is 13.8 Å². The summed E-state index contributed by atoms with van der Waals surface area (Å²) in [5, 5.41) is 17.3. The summed E-state index contributed by atoms with van der Waals surface area (Å²) >= 11 is 0. The van der Waals surface area contributed by atoms with Crippen LogP contribution in [0.15, 0.2) is 42.7 Å². The Morgan fingerprint density at radius 2 is 2.13 bits per heavy atom. The molecule has 0 bridgehead atoms. The van der Waals surface area contributed by atoms with Gasteiger partial charge in [0.15, 0.2) is 12.0 Å². The Hall–Kier alpha value is -3.01. The quantitative estimate of drug-likeness (QED) is 0.745. The van der Waals surface area contributed by atoms with Crippen molar-refractivity contribution in [2.24, 2.45) is 0 Å². The molecule has 3 aromatic rings. The molecule has 2 unspecified atom stereocenters. The van der Waals surface area contributed by atoms with E-state index in [0.29, 0.717) is 18.2 Å². The highest BCUT2D eigenvalue weighted by Crippen LogP contribution is 2.39. The fourth-order valence-corrected chi connectivity index (χ4v) is 2.87. The minimum Gasteiger partial charge on any atom is -0.239 e. The van der Waals surface area contributed by atoms with Crippen molar-refractivity contribution in [2.45, 2.75) is 25.1 Å². The lowest BCUT2D eigenvalue weighted by Gasteiger charge is -2.11. The molecule has 0 N–H and O–H groups in total. The molecule has 4 rings (SSSR count). The number of nitrogens with zero attached hydrogens (tertiary/aromatic N) is 6. The monoisotopic (exact) mass is 308 g/mol. The second-order valence-electron chi connectivity index (χ2n) is 5.47. The molecule has 0 fully saturated rings. The fourth-order valence-electron chi connectivity index (χ4n) is 2.87. The predicted octanol–water partition coefficient (Wildman–Crippen LogP) is 2.53. The number of hydrogen-bond donors (Lipinski definition) is 0. The molecule has 0 radical (unpaired) electrons. The fraction of sp³-hybridized carbons (Fsp3) is 0.250. The summed E-state index contributed by atoms with van der Waals surface area (Å²) in [6, 6.07) is 11.6. The first-order valence-corrected chi connectivity index (χ1v) is 7.32. The van der Waals surface area contributed by atoms with Crippen molar-refractivity contribution in [3.8, 4) is 12.0 Å². The zero-order valence-corrected chi connectivity index (χ0v) is 12.2. The van der Waals surface area contributed by atoms with Crippen molar-refractivity contribution in [1.82, 2.24) is 24.5 Å². The Kier molecular flexibility index (Phi) is 3.15. The zero-order chi connectivity index (χ0) is 15.8. The van der Waals surface area contributed by atoms with Crippen LogP contribution in [0.1, 0.15) is 35.6 Å². The molecule has 0 amide bonds. The van der Waals surface area contributed by atoms with Crippen LogP contribution in [0.2, 0.25) is 0 Å². The number of benzene rings is 1. The van der Waals surface area contributed by atoms with Gasteiger partial charge in [-0.3, -0.25) is 0 Å². The third-order valence-corrected chi connectivity index (χ3v) is 3.96. The second kappa shape index (κ2) is 5.32. The molecule has 6 nitrogen and oxygen atoms in total. The predicted molar refractivity (Wildman–Crippen MR) is 79.5 cm³/mol. The van der Waals surface area contributed by atoms with Crippen LogP contribution in [0.5, 0.6) is 0 Å². The number of alkyl halides is 1. The summed E-state index contributed by atoms with van der Waals surface area (Å²) in [5.74, 6) is 0.652. The highest BCUT2D eigenvalue weighted by Gasteiger charge is 2.35. The largest absolute Gasteiger partial charge is 0.269 e. The molecule has 23 heavy (non-hydrogen) atoms. The van der Waals surface area contributed by atoms with E-state index in [2.05, 4.69) is 21.3 Å². The van der Waals surface area contributed by atoms with Crippen molar-refractivity contribution in [3.05, 3.63) is 59.7 Å². The first-order chi connectivity index (χ1) is 11.3. The van der Waals surface area contributed by atoms with E-state index in [0.717, 1.165) is 11.1 Å². The molecule has 7 heteroatoms. The van der Waals surface area contributed by atoms with Gasteiger partial charge in [-0.15, -0.1) is 5.10 Å². The van der Waals surface area contributed by atoms with E-state index in [1.807, 2.05) is 30.3 Å². The molecule has 0 saturated heterocycles. The summed E-state index contributed by atoms with van der Waals surface area (Å²) in [7, 11) is 0. The van der Waals surface area contributed by atoms with Gasteiger partial charge >= 0.3 is 0 Å². The molecule has 3 heterocycles. The third kappa shape index (κ3) is 2.28. The van der Waals surface area contributed by atoms with Gasteiger partial charge in [-0.1, -0.05) is 30.3 Å². The van der Waals surface area contributed by atoms with E-state index in [-0.39, 0.29) is 12.5 Å². The van der Waals surface area contributed by atoms with Crippen LogP contribution in [-0.4, -0.2) is 24.5 Å². The average molecular weight is 308 g/mol. The maximum Gasteiger partial charge on any atom is 0.269 e. The Bertz CT molecular complexity index is 876. The number of fused-ring (bicyclic) bond motifs is 1. The van der Waals surface area contributed by atoms with E-state index in [1.165, 1.54) is 4.68 Å². The lowest BCUT2D eigenvalue weighted by molar-refractivity contribution is 0.328. The molecule has 1 aliphatic heterocycles. The molecule has 0 saturated carbocycles. The average Bonchev–Trinajstić information content (AvgIpc) is 3.25. The van der Waals surface area contributed by atoms with Gasteiger partial charge < -0.3 is 0 Å². The van der Waals surface area contributed by atoms with Crippen LogP contribution in [-0.2, 0) is 6.42 Å². The number of aromatic nitrogens is 5. The first kappa shape index (κ1) is 13.6. The molecule has 114 valence electrons. The van der Waals surface area contributed by atoms with Crippen LogP contribution in [0.3, 0.4) is 0 Å². The van der Waals surface area contributed by atoms with Gasteiger partial charge in [0.25, 0.3) is 5.95 Å². The lowest BCUT2D eigenvalue weighted by Crippen LogP contribution is -2.08. The van der Waals surface area contributed by atoms with Gasteiger partial charge in [0.2, 0.25) is 0 Å². The van der Waals surface area contributed by atoms with Gasteiger partial charge in [-0.2, -0.15) is 15.3 Å². The van der Waals surface area contributed by atoms with Crippen LogP contribution in [0.25, 0.3) is 5.95 Å². The number of halogens is 1. The molecular formula is C16H13FN6. The summed E-state index contributed by atoms with van der Waals surface area (Å²) < 4.78 is 17.4. The minimum absolute atomic E-state index is 0.156. The highest BCUT2D eigenvalue weighted by atomic mass is 19.1. The molecule has 1 aromatic carbocycles. The molecule has 2 atom stereocenters. The van der Waals surface area contributed by atoms with Crippen LogP contribution in [0.4, 0.5) is 4.39 Å². The van der Waals surface area contributed by atoms with Gasteiger partial charge in [-0.05, 0) is 5.56 Å². The topological polar surface area (TPSA) is 72.3 Å². The molecule has 0 spiro atoms. The minimum atomic E-state index is -1.14. The zero-order valence-electron chi connectivity index (χ0n) is 12.2. The van der Waals surface area contributed by atoms with Crippen LogP contribution < -0.4 is 0 Å². The summed E-state index contributed by atoms with van der Waals surface area (Å²) in [6.45, 7) is 0. The Morgan fingerprint density at radius 1 is 1.30 bits per heavy atom. The molecule has 0 aliphatic carbocycles. The van der Waals surface area contributed by atoms with Crippen molar-refractivity contribution in [2.75, 3.05) is 0 Å². The SMILES string of the molecule is N#CCc1cnn(-c2nc3n(n2)C(c2ccccc2)CC3F)c1. The first-order valence-electron chi connectivity index (χ1n) is 7.32. The lowest BCUT2D eigenvalue weighted by atomic mass is 10.0. The molecule has 1 aliphatic rings. The standard InChI is InChI=1S/C16H13FN6/c17-13-8-14(12-4-2-1-3-5-12)23-15(13)20-16(21-23)22-10-11(6-7-18)9-19-22/h1-5,9-10,13-14H,6,8H2. The van der Waals surface area contributed by atoms with E-state index < -0.39 is 6.17 Å². The Labute approximate surface area is 131 Å². The molecule has 2 aromatic heterocycles. The van der Waals surface area contributed by atoms with Crippen molar-refractivity contribution < 1.29 is 4.39 Å². The van der Waals surface area contributed by atoms with Gasteiger partial charge in [0.1, 0.15) is 0 Å². The smallest absolute Gasteiger partial charge is 0.239 e. The van der Waals surface area contributed by atoms with E-state index in [4.69, 9.17) is 5.26 Å². The maximum atomic E-state index is 14.3. The number of nitriles is 1. The van der Waals surface area contributed by atoms with E-state index >= 15 is 0 Å². The third-order valence-electron chi connectivity index (χ3n) is 3.96. The van der Waals surface area contributed by atoms with Crippen molar-refractivity contribution in [1.29, 1.82) is 5.26 Å². The van der Waals surface area contributed by atoms with Crippen molar-refractivity contribution >= 4 is 0 Å². The van der Waals surface area contributed by atoms with E-state index in [1.54, 1.807) is 17.1 Å². The van der Waals surface area contributed by atoms with Crippen LogP contribution in [0, 0.1) is 11.3 Å². The summed E-state index contributed by atoms with van der Waals surface area (Å²) in [5.41, 5.74) is 1.79. The van der Waals surface area contributed by atoms with Crippen molar-refractivity contribution in [3.63, 3.8) is 0 Å². The second-order valence-corrected chi connectivity index (χ2v) is 5.47. The molecular weight excluding hydrogens is 295 g/mol. The summed E-state index contributed by atoms with van der Waals surface area (Å²) in [6.07, 6.45) is 2.76. The number of rotatable bonds is 3. The number of hydrogen-bond acceptors (Lipinski definition) is 4. The van der Waals surface area contributed by atoms with Crippen LogP contribution >= 0.6 is 0 Å². The highest BCUT2D eigenvalue weighted by molar-refractivity contribution is 5.25. The van der Waals surface area contributed by atoms with Gasteiger partial charge in [0.05, 0.1) is 24.7 Å². The Balaban J connectivity index is 1.71. The Morgan fingerprint density at radius 3 is 2.91 bits per heavy atom. The van der Waals surface area contributed by atoms with Gasteiger partial charge in [0, 0.05) is 18.2 Å². The summed E-state index contributed by atoms with van der Waals surface area (Å²) in [4.78, 5) is 4.29. The maximum absolute atomic E-state index is 14.3. The van der Waals surface area contributed by atoms with E-state index in [9.17, 15) is 4.39 Å². The normalized spacial score (nSPS) is 19.5.